The van der Waals surface area contributed by atoms with Crippen molar-refractivity contribution in [1.29, 1.82) is 0 Å². The minimum Gasteiger partial charge on any atom is -0.351 e. The molecule has 1 amide bonds. The predicted molar refractivity (Wildman–Crippen MR) is 81.5 cm³/mol. The van der Waals surface area contributed by atoms with E-state index in [9.17, 15) is 17.4 Å². The Balaban J connectivity index is 3.05. The summed E-state index contributed by atoms with van der Waals surface area (Å²) < 4.78 is 34.2. The van der Waals surface area contributed by atoms with Gasteiger partial charge in [-0.1, -0.05) is 0 Å². The standard InChI is InChI=1S/C11H15BrN2O4S2/c1-7-5-8(11(15)14-3-4-19(2)16)6-9(10(7)12)20(13,17)18/h5-6H,3-4H2,1-2H3,(H,14,15)(H2,13,17,18). The number of aryl methyl sites for hydroxylation is 1. The fraction of sp³-hybridized carbons (Fsp3) is 0.364. The second-order valence-electron chi connectivity index (χ2n) is 4.18. The highest BCUT2D eigenvalue weighted by Gasteiger charge is 2.18. The molecule has 0 bridgehead atoms. The number of halogens is 1. The Hall–Kier alpha value is -0.770. The zero-order chi connectivity index (χ0) is 15.5. The highest BCUT2D eigenvalue weighted by atomic mass is 79.9. The second kappa shape index (κ2) is 6.79. The van der Waals surface area contributed by atoms with Crippen LogP contribution < -0.4 is 10.5 Å². The summed E-state index contributed by atoms with van der Waals surface area (Å²) in [4.78, 5) is 11.8. The van der Waals surface area contributed by atoms with Gasteiger partial charge >= 0.3 is 0 Å². The summed E-state index contributed by atoms with van der Waals surface area (Å²) in [7, 11) is -4.92. The van der Waals surface area contributed by atoms with Gasteiger partial charge < -0.3 is 5.32 Å². The molecule has 0 aromatic heterocycles. The van der Waals surface area contributed by atoms with Gasteiger partial charge in [0.2, 0.25) is 10.0 Å². The van der Waals surface area contributed by atoms with E-state index < -0.39 is 26.7 Å². The second-order valence-corrected chi connectivity index (χ2v) is 8.06. The van der Waals surface area contributed by atoms with Crippen LogP contribution in [0.1, 0.15) is 15.9 Å². The number of carbonyl (C=O) groups is 1. The lowest BCUT2D eigenvalue weighted by atomic mass is 10.1. The average molecular weight is 383 g/mol. The largest absolute Gasteiger partial charge is 0.351 e. The molecular formula is C11H15BrN2O4S2. The minimum atomic E-state index is -3.92. The molecule has 1 unspecified atom stereocenters. The number of amides is 1. The van der Waals surface area contributed by atoms with Gasteiger partial charge in [-0.15, -0.1) is 0 Å². The molecule has 0 heterocycles. The third-order valence-corrected chi connectivity index (χ3v) is 5.49. The van der Waals surface area contributed by atoms with Gasteiger partial charge in [0.1, 0.15) is 0 Å². The van der Waals surface area contributed by atoms with E-state index in [0.717, 1.165) is 0 Å². The SMILES string of the molecule is Cc1cc(C(=O)NCCS(C)=O)cc(S(N)(=O)=O)c1Br. The van der Waals surface area contributed by atoms with E-state index in [1.54, 1.807) is 13.0 Å². The van der Waals surface area contributed by atoms with Crippen molar-refractivity contribution in [3.05, 3.63) is 27.7 Å². The van der Waals surface area contributed by atoms with Crippen molar-refractivity contribution in [1.82, 2.24) is 5.32 Å². The Bertz CT molecular complexity index is 659. The van der Waals surface area contributed by atoms with Crippen molar-refractivity contribution in [2.75, 3.05) is 18.6 Å². The molecule has 20 heavy (non-hydrogen) atoms. The number of carbonyl (C=O) groups excluding carboxylic acids is 1. The third-order valence-electron chi connectivity index (χ3n) is 2.46. The molecule has 112 valence electrons. The first-order valence-electron chi connectivity index (χ1n) is 5.54. The number of hydrogen-bond acceptors (Lipinski definition) is 4. The van der Waals surface area contributed by atoms with E-state index in [1.807, 2.05) is 0 Å². The van der Waals surface area contributed by atoms with Gasteiger partial charge in [0.05, 0.1) is 4.90 Å². The van der Waals surface area contributed by atoms with Crippen LogP contribution in [0.25, 0.3) is 0 Å². The maximum absolute atomic E-state index is 11.9. The maximum Gasteiger partial charge on any atom is 0.251 e. The molecule has 9 heteroatoms. The summed E-state index contributed by atoms with van der Waals surface area (Å²) in [6, 6.07) is 2.77. The molecule has 6 nitrogen and oxygen atoms in total. The van der Waals surface area contributed by atoms with Crippen molar-refractivity contribution >= 4 is 42.7 Å². The van der Waals surface area contributed by atoms with Crippen LogP contribution in [0.4, 0.5) is 0 Å². The fourth-order valence-electron chi connectivity index (χ4n) is 1.49. The minimum absolute atomic E-state index is 0.137. The monoisotopic (exact) mass is 382 g/mol. The van der Waals surface area contributed by atoms with Gasteiger partial charge in [0.25, 0.3) is 5.91 Å². The Labute approximate surface area is 128 Å². The van der Waals surface area contributed by atoms with Crippen LogP contribution >= 0.6 is 15.9 Å². The van der Waals surface area contributed by atoms with Crippen molar-refractivity contribution in [3.8, 4) is 0 Å². The molecule has 3 N–H and O–H groups in total. The number of benzene rings is 1. The van der Waals surface area contributed by atoms with Gasteiger partial charge in [0, 0.05) is 39.4 Å². The van der Waals surface area contributed by atoms with Gasteiger partial charge in [-0.05, 0) is 40.5 Å². The quantitative estimate of drug-likeness (QED) is 0.773. The summed E-state index contributed by atoms with van der Waals surface area (Å²) in [6.07, 6.45) is 1.54. The molecule has 0 fully saturated rings. The van der Waals surface area contributed by atoms with E-state index in [4.69, 9.17) is 5.14 Å². The molecular weight excluding hydrogens is 368 g/mol. The molecule has 1 aromatic rings. The first-order chi connectivity index (χ1) is 9.12. The lowest BCUT2D eigenvalue weighted by Crippen LogP contribution is -2.28. The molecule has 0 aliphatic rings. The number of nitrogens with one attached hydrogen (secondary N) is 1. The van der Waals surface area contributed by atoms with Crippen molar-refractivity contribution < 1.29 is 17.4 Å². The number of nitrogens with two attached hydrogens (primary N) is 1. The molecule has 0 aliphatic heterocycles. The van der Waals surface area contributed by atoms with E-state index in [-0.39, 0.29) is 17.0 Å². The molecule has 0 saturated carbocycles. The Morgan fingerprint density at radius 3 is 2.55 bits per heavy atom. The highest BCUT2D eigenvalue weighted by molar-refractivity contribution is 9.10. The lowest BCUT2D eigenvalue weighted by molar-refractivity contribution is 0.0956. The molecule has 1 atom stereocenters. The van der Waals surface area contributed by atoms with Crippen molar-refractivity contribution in [2.45, 2.75) is 11.8 Å². The van der Waals surface area contributed by atoms with Crippen LogP contribution in [0.15, 0.2) is 21.5 Å². The zero-order valence-corrected chi connectivity index (χ0v) is 14.2. The van der Waals surface area contributed by atoms with E-state index >= 15 is 0 Å². The van der Waals surface area contributed by atoms with Gasteiger partial charge in [0.15, 0.2) is 0 Å². The summed E-state index contributed by atoms with van der Waals surface area (Å²) in [5.74, 6) is -0.0977. The van der Waals surface area contributed by atoms with Crippen molar-refractivity contribution in [3.63, 3.8) is 0 Å². The number of sulfonamides is 1. The van der Waals surface area contributed by atoms with Crippen molar-refractivity contribution in [2.24, 2.45) is 5.14 Å². The predicted octanol–water partition coefficient (Wildman–Crippen LogP) is 0.513. The Kier molecular flexibility index (Phi) is 5.87. The molecule has 1 rings (SSSR count). The first kappa shape index (κ1) is 17.3. The fourth-order valence-corrected chi connectivity index (χ4v) is 3.48. The topological polar surface area (TPSA) is 106 Å². The first-order valence-corrected chi connectivity index (χ1v) is 9.60. The average Bonchev–Trinajstić information content (AvgIpc) is 2.30. The smallest absolute Gasteiger partial charge is 0.251 e. The summed E-state index contributed by atoms with van der Waals surface area (Å²) in [6.45, 7) is 1.92. The molecule has 1 aromatic carbocycles. The molecule has 0 spiro atoms. The molecule has 0 saturated heterocycles. The third kappa shape index (κ3) is 4.65. The maximum atomic E-state index is 11.9. The van der Waals surface area contributed by atoms with Gasteiger partial charge in [-0.2, -0.15) is 0 Å². The summed E-state index contributed by atoms with van der Waals surface area (Å²) in [5, 5.41) is 7.68. The van der Waals surface area contributed by atoms with E-state index in [0.29, 0.717) is 15.8 Å². The van der Waals surface area contributed by atoms with Gasteiger partial charge in [-0.25, -0.2) is 13.6 Å². The molecule has 0 radical (unpaired) electrons. The lowest BCUT2D eigenvalue weighted by Gasteiger charge is -2.10. The highest BCUT2D eigenvalue weighted by Crippen LogP contribution is 2.26. The van der Waals surface area contributed by atoms with Crippen LogP contribution in [-0.2, 0) is 20.8 Å². The van der Waals surface area contributed by atoms with Crippen LogP contribution in [0.3, 0.4) is 0 Å². The van der Waals surface area contributed by atoms with Crippen LogP contribution in [0, 0.1) is 6.92 Å². The number of rotatable bonds is 5. The summed E-state index contributed by atoms with van der Waals surface area (Å²) in [5.41, 5.74) is 0.775. The summed E-state index contributed by atoms with van der Waals surface area (Å²) >= 11 is 3.14. The number of primary sulfonamides is 1. The van der Waals surface area contributed by atoms with Crippen LogP contribution in [0.2, 0.25) is 0 Å². The zero-order valence-electron chi connectivity index (χ0n) is 11.0. The Morgan fingerprint density at radius 1 is 1.45 bits per heavy atom. The van der Waals surface area contributed by atoms with Crippen LogP contribution in [-0.4, -0.2) is 37.1 Å². The Morgan fingerprint density at radius 2 is 2.05 bits per heavy atom. The normalized spacial score (nSPS) is 13.0. The number of hydrogen-bond donors (Lipinski definition) is 2. The van der Waals surface area contributed by atoms with Gasteiger partial charge in [-0.3, -0.25) is 9.00 Å². The van der Waals surface area contributed by atoms with E-state index in [1.165, 1.54) is 12.3 Å². The molecule has 0 aliphatic carbocycles. The van der Waals surface area contributed by atoms with E-state index in [2.05, 4.69) is 21.2 Å². The van der Waals surface area contributed by atoms with Crippen LogP contribution in [0.5, 0.6) is 0 Å².